The van der Waals surface area contributed by atoms with Crippen molar-refractivity contribution in [3.05, 3.63) is 81.1 Å². The van der Waals surface area contributed by atoms with Gasteiger partial charge >= 0.3 is 0 Å². The number of amides is 1. The van der Waals surface area contributed by atoms with Crippen molar-refractivity contribution < 1.29 is 9.59 Å². The lowest BCUT2D eigenvalue weighted by atomic mass is 10.1. The van der Waals surface area contributed by atoms with Crippen molar-refractivity contribution >= 4 is 41.1 Å². The fraction of sp³-hybridized carbons (Fsp3) is 0.150. The maximum atomic E-state index is 12.3. The first kappa shape index (κ1) is 19.1. The summed E-state index contributed by atoms with van der Waals surface area (Å²) in [6, 6.07) is 12.2. The number of nitrogens with one attached hydrogen (secondary N) is 1. The SMILES string of the molecule is Cc1c(CC=O)cnn1Cc1ccc(NC(=O)c2ccc(Cl)c(Cl)c2)cc1. The zero-order valence-electron chi connectivity index (χ0n) is 14.6. The van der Waals surface area contributed by atoms with Crippen LogP contribution in [-0.4, -0.2) is 22.0 Å². The molecule has 0 bridgehead atoms. The Labute approximate surface area is 166 Å². The Hall–Kier alpha value is -2.63. The fourth-order valence-corrected chi connectivity index (χ4v) is 2.94. The lowest BCUT2D eigenvalue weighted by Crippen LogP contribution is -2.12. The first-order valence-corrected chi connectivity index (χ1v) is 9.04. The minimum atomic E-state index is -0.261. The molecule has 0 unspecified atom stereocenters. The largest absolute Gasteiger partial charge is 0.322 e. The zero-order valence-corrected chi connectivity index (χ0v) is 16.1. The quantitative estimate of drug-likeness (QED) is 0.616. The highest BCUT2D eigenvalue weighted by Crippen LogP contribution is 2.23. The predicted octanol–water partition coefficient (Wildman–Crippen LogP) is 4.54. The van der Waals surface area contributed by atoms with Gasteiger partial charge in [-0.05, 0) is 42.8 Å². The minimum Gasteiger partial charge on any atom is -0.322 e. The van der Waals surface area contributed by atoms with Crippen LogP contribution in [0, 0.1) is 6.92 Å². The summed E-state index contributed by atoms with van der Waals surface area (Å²) in [4.78, 5) is 23.0. The highest BCUT2D eigenvalue weighted by atomic mass is 35.5. The lowest BCUT2D eigenvalue weighted by molar-refractivity contribution is -0.107. The second kappa shape index (κ2) is 8.37. The second-order valence-corrected chi connectivity index (χ2v) is 6.88. The summed E-state index contributed by atoms with van der Waals surface area (Å²) in [6.07, 6.45) is 2.96. The van der Waals surface area contributed by atoms with Gasteiger partial charge in [0.1, 0.15) is 6.29 Å². The molecule has 1 N–H and O–H groups in total. The van der Waals surface area contributed by atoms with Crippen LogP contribution in [-0.2, 0) is 17.8 Å². The summed E-state index contributed by atoms with van der Waals surface area (Å²) in [5, 5.41) is 7.89. The van der Waals surface area contributed by atoms with Crippen molar-refractivity contribution in [2.45, 2.75) is 19.9 Å². The Bertz CT molecular complexity index is 981. The molecule has 2 aromatic carbocycles. The first-order valence-electron chi connectivity index (χ1n) is 8.28. The number of carbonyl (C=O) groups excluding carboxylic acids is 2. The summed E-state index contributed by atoms with van der Waals surface area (Å²) in [5.41, 5.74) is 4.04. The van der Waals surface area contributed by atoms with Gasteiger partial charge < -0.3 is 10.1 Å². The standard InChI is InChI=1S/C20H17Cl2N3O2/c1-13-16(8-9-26)11-23-25(13)12-14-2-5-17(6-3-14)24-20(27)15-4-7-18(21)19(22)10-15/h2-7,9-11H,8,12H2,1H3,(H,24,27). The van der Waals surface area contributed by atoms with Crippen molar-refractivity contribution in [1.29, 1.82) is 0 Å². The molecule has 0 aliphatic rings. The lowest BCUT2D eigenvalue weighted by Gasteiger charge is -2.09. The van der Waals surface area contributed by atoms with Crippen LogP contribution in [0.3, 0.4) is 0 Å². The van der Waals surface area contributed by atoms with Crippen LogP contribution in [0.15, 0.2) is 48.7 Å². The molecule has 0 spiro atoms. The summed E-state index contributed by atoms with van der Waals surface area (Å²) in [7, 11) is 0. The third-order valence-corrected chi connectivity index (χ3v) is 4.97. The van der Waals surface area contributed by atoms with Gasteiger partial charge in [-0.1, -0.05) is 35.3 Å². The molecule has 3 rings (SSSR count). The van der Waals surface area contributed by atoms with Crippen molar-refractivity contribution in [3.8, 4) is 0 Å². The number of nitrogens with zero attached hydrogens (tertiary/aromatic N) is 2. The molecular formula is C20H17Cl2N3O2. The molecule has 3 aromatic rings. The van der Waals surface area contributed by atoms with Gasteiger partial charge in [-0.25, -0.2) is 0 Å². The van der Waals surface area contributed by atoms with Crippen LogP contribution in [0.2, 0.25) is 10.0 Å². The van der Waals surface area contributed by atoms with E-state index in [2.05, 4.69) is 10.4 Å². The van der Waals surface area contributed by atoms with E-state index in [-0.39, 0.29) is 5.91 Å². The van der Waals surface area contributed by atoms with Gasteiger partial charge in [0.05, 0.1) is 22.8 Å². The van der Waals surface area contributed by atoms with Gasteiger partial charge in [-0.3, -0.25) is 9.48 Å². The fourth-order valence-electron chi connectivity index (χ4n) is 2.64. The minimum absolute atomic E-state index is 0.261. The van der Waals surface area contributed by atoms with Crippen LogP contribution in [0.25, 0.3) is 0 Å². The Balaban J connectivity index is 1.67. The molecule has 7 heteroatoms. The number of carbonyl (C=O) groups is 2. The van der Waals surface area contributed by atoms with E-state index in [0.29, 0.717) is 34.3 Å². The van der Waals surface area contributed by atoms with E-state index in [9.17, 15) is 9.59 Å². The average Bonchev–Trinajstić information content (AvgIpc) is 2.99. The predicted molar refractivity (Wildman–Crippen MR) is 107 cm³/mol. The Morgan fingerprint density at radius 2 is 1.89 bits per heavy atom. The van der Waals surface area contributed by atoms with E-state index in [1.807, 2.05) is 35.9 Å². The number of hydrogen-bond donors (Lipinski definition) is 1. The number of benzene rings is 2. The third-order valence-electron chi connectivity index (χ3n) is 4.23. The highest BCUT2D eigenvalue weighted by molar-refractivity contribution is 6.42. The molecule has 0 radical (unpaired) electrons. The molecule has 1 amide bonds. The number of rotatable bonds is 6. The Morgan fingerprint density at radius 1 is 1.15 bits per heavy atom. The molecule has 5 nitrogen and oxygen atoms in total. The van der Waals surface area contributed by atoms with Crippen LogP contribution < -0.4 is 5.32 Å². The molecular weight excluding hydrogens is 385 g/mol. The van der Waals surface area contributed by atoms with Gasteiger partial charge in [0, 0.05) is 28.9 Å². The maximum Gasteiger partial charge on any atom is 0.255 e. The van der Waals surface area contributed by atoms with Crippen molar-refractivity contribution in [1.82, 2.24) is 9.78 Å². The van der Waals surface area contributed by atoms with Crippen molar-refractivity contribution in [3.63, 3.8) is 0 Å². The summed E-state index contributed by atoms with van der Waals surface area (Å²) in [5.74, 6) is -0.261. The smallest absolute Gasteiger partial charge is 0.255 e. The molecule has 138 valence electrons. The number of anilines is 1. The molecule has 0 aliphatic carbocycles. The Morgan fingerprint density at radius 3 is 2.56 bits per heavy atom. The number of aromatic nitrogens is 2. The molecule has 0 saturated carbocycles. The van der Waals surface area contributed by atoms with Crippen molar-refractivity contribution in [2.75, 3.05) is 5.32 Å². The van der Waals surface area contributed by atoms with Gasteiger partial charge in [0.25, 0.3) is 5.91 Å². The van der Waals surface area contributed by atoms with Crippen molar-refractivity contribution in [2.24, 2.45) is 0 Å². The van der Waals surface area contributed by atoms with Crippen LogP contribution in [0.5, 0.6) is 0 Å². The van der Waals surface area contributed by atoms with E-state index in [1.165, 1.54) is 6.07 Å². The molecule has 0 aliphatic heterocycles. The van der Waals surface area contributed by atoms with E-state index in [0.717, 1.165) is 23.1 Å². The third kappa shape index (κ3) is 4.56. The highest BCUT2D eigenvalue weighted by Gasteiger charge is 2.09. The van der Waals surface area contributed by atoms with E-state index in [4.69, 9.17) is 23.2 Å². The van der Waals surface area contributed by atoms with Gasteiger partial charge in [0.2, 0.25) is 0 Å². The van der Waals surface area contributed by atoms with Crippen LogP contribution in [0.4, 0.5) is 5.69 Å². The monoisotopic (exact) mass is 401 g/mol. The van der Waals surface area contributed by atoms with E-state index < -0.39 is 0 Å². The summed E-state index contributed by atoms with van der Waals surface area (Å²) in [6.45, 7) is 2.53. The molecule has 0 saturated heterocycles. The van der Waals surface area contributed by atoms with Gasteiger partial charge in [0.15, 0.2) is 0 Å². The average molecular weight is 402 g/mol. The summed E-state index contributed by atoms with van der Waals surface area (Å²) >= 11 is 11.8. The maximum absolute atomic E-state index is 12.3. The normalized spacial score (nSPS) is 10.6. The number of aldehydes is 1. The van der Waals surface area contributed by atoms with Crippen LogP contribution >= 0.6 is 23.2 Å². The van der Waals surface area contributed by atoms with Crippen LogP contribution in [0.1, 0.15) is 27.2 Å². The molecule has 1 aromatic heterocycles. The number of hydrogen-bond acceptors (Lipinski definition) is 3. The van der Waals surface area contributed by atoms with E-state index >= 15 is 0 Å². The Kier molecular flexibility index (Phi) is 5.94. The first-order chi connectivity index (χ1) is 13.0. The molecule has 0 fully saturated rings. The molecule has 0 atom stereocenters. The van der Waals surface area contributed by atoms with Gasteiger partial charge in [-0.15, -0.1) is 0 Å². The van der Waals surface area contributed by atoms with E-state index in [1.54, 1.807) is 18.3 Å². The summed E-state index contributed by atoms with van der Waals surface area (Å²) < 4.78 is 1.85. The zero-order chi connectivity index (χ0) is 19.4. The second-order valence-electron chi connectivity index (χ2n) is 6.06. The molecule has 1 heterocycles. The van der Waals surface area contributed by atoms with Gasteiger partial charge in [-0.2, -0.15) is 5.10 Å². The number of halogens is 2. The topological polar surface area (TPSA) is 64.0 Å². The molecule has 27 heavy (non-hydrogen) atoms.